The Morgan fingerprint density at radius 1 is 1.38 bits per heavy atom. The Labute approximate surface area is 125 Å². The fourth-order valence-electron chi connectivity index (χ4n) is 1.25. The molecule has 1 aromatic carbocycles. The van der Waals surface area contributed by atoms with E-state index < -0.39 is 11.0 Å². The quantitative estimate of drug-likeness (QED) is 0.640. The zero-order valence-electron chi connectivity index (χ0n) is 11.3. The number of nitro groups is 1. The molecule has 1 aromatic rings. The van der Waals surface area contributed by atoms with Crippen molar-refractivity contribution in [2.75, 3.05) is 6.54 Å². The minimum absolute atomic E-state index is 0.0173. The van der Waals surface area contributed by atoms with Gasteiger partial charge >= 0.3 is 6.09 Å². The third-order valence-electron chi connectivity index (χ3n) is 2.21. The van der Waals surface area contributed by atoms with Crippen LogP contribution in [0.25, 0.3) is 0 Å². The van der Waals surface area contributed by atoms with Crippen molar-refractivity contribution in [1.82, 2.24) is 5.32 Å². The highest BCUT2D eigenvalue weighted by atomic mass is 32.2. The first-order chi connectivity index (χ1) is 9.99. The summed E-state index contributed by atoms with van der Waals surface area (Å²) in [6.07, 6.45) is 1.02. The topological polar surface area (TPSA) is 98.5 Å². The number of carbonyl (C=O) groups is 2. The van der Waals surface area contributed by atoms with E-state index in [-0.39, 0.29) is 24.0 Å². The van der Waals surface area contributed by atoms with Crippen LogP contribution >= 0.6 is 11.8 Å². The van der Waals surface area contributed by atoms with Crippen LogP contribution in [0.3, 0.4) is 0 Å². The highest BCUT2D eigenvalue weighted by Crippen LogP contribution is 2.12. The standard InChI is InChI=1S/C13H14N2O5S/c1-10(16)21-8-2-7-14-13(17)20-9-11-3-5-12(6-4-11)15(18)19/h2-6,8H,7,9H2,1H3,(H,14,17)/b8-2-. The molecule has 1 rings (SSSR count). The number of benzene rings is 1. The fourth-order valence-corrected chi connectivity index (χ4v) is 1.63. The molecule has 0 heterocycles. The third kappa shape index (κ3) is 7.11. The highest BCUT2D eigenvalue weighted by Gasteiger charge is 2.05. The molecule has 0 aromatic heterocycles. The van der Waals surface area contributed by atoms with Gasteiger partial charge in [-0.1, -0.05) is 17.8 Å². The largest absolute Gasteiger partial charge is 0.445 e. The van der Waals surface area contributed by atoms with Gasteiger partial charge < -0.3 is 10.1 Å². The lowest BCUT2D eigenvalue weighted by atomic mass is 10.2. The van der Waals surface area contributed by atoms with Gasteiger partial charge in [0, 0.05) is 25.6 Å². The summed E-state index contributed by atoms with van der Waals surface area (Å²) in [6, 6.07) is 5.74. The van der Waals surface area contributed by atoms with Crippen molar-refractivity contribution in [3.05, 3.63) is 51.4 Å². The SMILES string of the molecule is CC(=O)S/C=C\CNC(=O)OCc1ccc([N+](=O)[O-])cc1. The van der Waals surface area contributed by atoms with E-state index in [9.17, 15) is 19.7 Å². The molecule has 0 bridgehead atoms. The second kappa shape index (κ2) is 8.75. The average molecular weight is 310 g/mol. The molecule has 7 nitrogen and oxygen atoms in total. The molecule has 21 heavy (non-hydrogen) atoms. The Hall–Kier alpha value is -2.35. The van der Waals surface area contributed by atoms with E-state index in [0.29, 0.717) is 5.56 Å². The lowest BCUT2D eigenvalue weighted by molar-refractivity contribution is -0.384. The molecule has 0 radical (unpaired) electrons. The molecular formula is C13H14N2O5S. The first-order valence-corrected chi connectivity index (χ1v) is 6.83. The fraction of sp³-hybridized carbons (Fsp3) is 0.231. The van der Waals surface area contributed by atoms with Crippen molar-refractivity contribution < 1.29 is 19.2 Å². The smallest absolute Gasteiger partial charge is 0.407 e. The normalized spacial score (nSPS) is 10.3. The number of amides is 1. The third-order valence-corrected chi connectivity index (χ3v) is 2.87. The van der Waals surface area contributed by atoms with E-state index >= 15 is 0 Å². The maximum absolute atomic E-state index is 11.3. The molecule has 0 atom stereocenters. The predicted octanol–water partition coefficient (Wildman–Crippen LogP) is 2.61. The highest BCUT2D eigenvalue weighted by molar-refractivity contribution is 8.16. The van der Waals surface area contributed by atoms with Gasteiger partial charge in [0.05, 0.1) is 4.92 Å². The molecule has 0 fully saturated rings. The van der Waals surface area contributed by atoms with Gasteiger partial charge in [0.25, 0.3) is 5.69 Å². The first kappa shape index (κ1) is 16.7. The number of nitrogens with zero attached hydrogens (tertiary/aromatic N) is 1. The molecule has 0 aliphatic heterocycles. The van der Waals surface area contributed by atoms with Gasteiger partial charge in [-0.15, -0.1) is 0 Å². The van der Waals surface area contributed by atoms with Gasteiger partial charge in [-0.3, -0.25) is 14.9 Å². The molecule has 8 heteroatoms. The molecular weight excluding hydrogens is 296 g/mol. The van der Waals surface area contributed by atoms with E-state index in [2.05, 4.69) is 5.32 Å². The Bertz CT molecular complexity index is 542. The predicted molar refractivity (Wildman–Crippen MR) is 78.7 cm³/mol. The summed E-state index contributed by atoms with van der Waals surface area (Å²) < 4.78 is 4.93. The van der Waals surface area contributed by atoms with Crippen molar-refractivity contribution in [3.8, 4) is 0 Å². The van der Waals surface area contributed by atoms with Gasteiger partial charge in [-0.05, 0) is 23.1 Å². The maximum atomic E-state index is 11.3. The lowest BCUT2D eigenvalue weighted by Gasteiger charge is -2.05. The number of nitro benzene ring substituents is 1. The van der Waals surface area contributed by atoms with Crippen LogP contribution in [0, 0.1) is 10.1 Å². The Balaban J connectivity index is 2.28. The molecule has 0 spiro atoms. The minimum atomic E-state index is -0.606. The lowest BCUT2D eigenvalue weighted by Crippen LogP contribution is -2.24. The van der Waals surface area contributed by atoms with Crippen LogP contribution in [0.15, 0.2) is 35.7 Å². The summed E-state index contributed by atoms with van der Waals surface area (Å²) in [4.78, 5) is 31.9. The van der Waals surface area contributed by atoms with Gasteiger partial charge in [0.1, 0.15) is 6.61 Å². The molecule has 0 unspecified atom stereocenters. The van der Waals surface area contributed by atoms with Gasteiger partial charge in [-0.25, -0.2) is 4.79 Å². The second-order valence-corrected chi connectivity index (χ2v) is 4.94. The van der Waals surface area contributed by atoms with E-state index in [1.807, 2.05) is 0 Å². The van der Waals surface area contributed by atoms with Crippen molar-refractivity contribution in [1.29, 1.82) is 0 Å². The number of thioether (sulfide) groups is 1. The van der Waals surface area contributed by atoms with Crippen molar-refractivity contribution in [3.63, 3.8) is 0 Å². The molecule has 1 amide bonds. The summed E-state index contributed by atoms with van der Waals surface area (Å²) in [5, 5.41) is 14.5. The van der Waals surface area contributed by atoms with Gasteiger partial charge in [0.15, 0.2) is 5.12 Å². The molecule has 112 valence electrons. The van der Waals surface area contributed by atoms with Gasteiger partial charge in [0.2, 0.25) is 0 Å². The van der Waals surface area contributed by atoms with Crippen LogP contribution < -0.4 is 5.32 Å². The number of ether oxygens (including phenoxy) is 1. The van der Waals surface area contributed by atoms with Crippen LogP contribution in [-0.4, -0.2) is 22.7 Å². The average Bonchev–Trinajstić information content (AvgIpc) is 2.44. The van der Waals surface area contributed by atoms with Crippen molar-refractivity contribution >= 4 is 28.7 Å². The molecule has 1 N–H and O–H groups in total. The Morgan fingerprint density at radius 3 is 2.62 bits per heavy atom. The van der Waals surface area contributed by atoms with Crippen LogP contribution in [0.2, 0.25) is 0 Å². The minimum Gasteiger partial charge on any atom is -0.445 e. The maximum Gasteiger partial charge on any atom is 0.407 e. The Morgan fingerprint density at radius 2 is 2.05 bits per heavy atom. The summed E-state index contributed by atoms with van der Waals surface area (Å²) >= 11 is 1.03. The number of alkyl carbamates (subject to hydrolysis) is 1. The van der Waals surface area contributed by atoms with Gasteiger partial charge in [-0.2, -0.15) is 0 Å². The van der Waals surface area contributed by atoms with E-state index in [1.54, 1.807) is 11.5 Å². The van der Waals surface area contributed by atoms with Crippen molar-refractivity contribution in [2.24, 2.45) is 0 Å². The van der Waals surface area contributed by atoms with Crippen LogP contribution in [-0.2, 0) is 16.1 Å². The van der Waals surface area contributed by atoms with Crippen LogP contribution in [0.5, 0.6) is 0 Å². The number of nitrogens with one attached hydrogen (secondary N) is 1. The van der Waals surface area contributed by atoms with Crippen LogP contribution in [0.1, 0.15) is 12.5 Å². The summed E-state index contributed by atoms with van der Waals surface area (Å²) in [7, 11) is 0. The summed E-state index contributed by atoms with van der Waals surface area (Å²) in [5.41, 5.74) is 0.634. The molecule has 0 aliphatic rings. The molecule has 0 saturated heterocycles. The number of hydrogen-bond donors (Lipinski definition) is 1. The zero-order valence-corrected chi connectivity index (χ0v) is 12.1. The Kier molecular flexibility index (Phi) is 6.96. The second-order valence-electron chi connectivity index (χ2n) is 3.86. The zero-order chi connectivity index (χ0) is 15.7. The van der Waals surface area contributed by atoms with E-state index in [0.717, 1.165) is 11.8 Å². The monoisotopic (exact) mass is 310 g/mol. The number of hydrogen-bond acceptors (Lipinski definition) is 6. The van der Waals surface area contributed by atoms with Crippen LogP contribution in [0.4, 0.5) is 10.5 Å². The molecule has 0 saturated carbocycles. The van der Waals surface area contributed by atoms with Crippen molar-refractivity contribution in [2.45, 2.75) is 13.5 Å². The van der Waals surface area contributed by atoms with E-state index in [4.69, 9.17) is 4.74 Å². The summed E-state index contributed by atoms with van der Waals surface area (Å²) in [5.74, 6) is 0. The summed E-state index contributed by atoms with van der Waals surface area (Å²) in [6.45, 7) is 1.72. The number of non-ortho nitro benzene ring substituents is 1. The number of rotatable bonds is 6. The van der Waals surface area contributed by atoms with E-state index in [1.165, 1.54) is 31.2 Å². The number of carbonyl (C=O) groups excluding carboxylic acids is 2. The molecule has 0 aliphatic carbocycles. The first-order valence-electron chi connectivity index (χ1n) is 5.95.